The zero-order chi connectivity index (χ0) is 14.1. The number of hydrogen-bond donors (Lipinski definition) is 1. The van der Waals surface area contributed by atoms with Crippen LogP contribution in [0.15, 0.2) is 47.8 Å². The molecule has 20 heavy (non-hydrogen) atoms. The smallest absolute Gasteiger partial charge is 0.189 e. The first kappa shape index (κ1) is 12.9. The molecule has 3 aromatic rings. The summed E-state index contributed by atoms with van der Waals surface area (Å²) in [6.45, 7) is 0. The van der Waals surface area contributed by atoms with Crippen molar-refractivity contribution in [3.05, 3.63) is 48.1 Å². The molecule has 1 aromatic carbocycles. The molecule has 2 heterocycles. The zero-order valence-corrected chi connectivity index (χ0v) is 12.1. The van der Waals surface area contributed by atoms with Gasteiger partial charge in [-0.3, -0.25) is 5.41 Å². The number of nitrogens with zero attached hydrogens (tertiary/aromatic N) is 3. The van der Waals surface area contributed by atoms with Crippen molar-refractivity contribution in [3.63, 3.8) is 0 Å². The van der Waals surface area contributed by atoms with Gasteiger partial charge in [0.05, 0.1) is 0 Å². The minimum absolute atomic E-state index is 0.453. The maximum atomic E-state index is 8.34. The van der Waals surface area contributed by atoms with Crippen LogP contribution in [0.3, 0.4) is 0 Å². The summed E-state index contributed by atoms with van der Waals surface area (Å²) < 4.78 is 1.80. The van der Waals surface area contributed by atoms with E-state index in [-0.39, 0.29) is 0 Å². The maximum absolute atomic E-state index is 8.34. The van der Waals surface area contributed by atoms with E-state index in [1.807, 2.05) is 55.9 Å². The van der Waals surface area contributed by atoms with E-state index in [4.69, 9.17) is 5.41 Å². The summed E-state index contributed by atoms with van der Waals surface area (Å²) in [5.74, 6) is 0. The van der Waals surface area contributed by atoms with E-state index in [0.29, 0.717) is 5.49 Å². The highest BCUT2D eigenvalue weighted by Gasteiger charge is 2.08. The molecular weight excluding hydrogens is 268 g/mol. The number of pyridine rings is 1. The van der Waals surface area contributed by atoms with Gasteiger partial charge in [-0.15, -0.1) is 0 Å². The molecule has 0 aliphatic carbocycles. The van der Waals surface area contributed by atoms with Gasteiger partial charge in [0.25, 0.3) is 0 Å². The Morgan fingerprint density at radius 3 is 2.65 bits per heavy atom. The topological polar surface area (TPSA) is 54.6 Å². The molecule has 0 saturated carbocycles. The molecule has 0 atom stereocenters. The molecule has 0 fully saturated rings. The molecule has 100 valence electrons. The highest BCUT2D eigenvalue weighted by molar-refractivity contribution is 7.98. The first-order chi connectivity index (χ1) is 9.70. The van der Waals surface area contributed by atoms with Gasteiger partial charge in [0, 0.05) is 24.2 Å². The molecule has 5 heteroatoms. The second-order valence-corrected chi connectivity index (χ2v) is 5.24. The van der Waals surface area contributed by atoms with Gasteiger partial charge in [-0.1, -0.05) is 42.1 Å². The van der Waals surface area contributed by atoms with Crippen LogP contribution in [0.1, 0.15) is 0 Å². The van der Waals surface area contributed by atoms with Gasteiger partial charge in [-0.25, -0.2) is 9.97 Å². The normalized spacial score (nSPS) is 10.9. The van der Waals surface area contributed by atoms with Crippen LogP contribution >= 0.6 is 11.8 Å². The molecule has 2 aromatic heterocycles. The Bertz CT molecular complexity index is 824. The van der Waals surface area contributed by atoms with Crippen molar-refractivity contribution >= 4 is 22.8 Å². The largest absolute Gasteiger partial charge is 0.313 e. The molecule has 0 amide bonds. The van der Waals surface area contributed by atoms with E-state index in [9.17, 15) is 0 Å². The molecule has 0 spiro atoms. The van der Waals surface area contributed by atoms with Gasteiger partial charge in [0.1, 0.15) is 11.1 Å². The van der Waals surface area contributed by atoms with E-state index >= 15 is 0 Å². The van der Waals surface area contributed by atoms with Crippen LogP contribution in [0.4, 0.5) is 0 Å². The minimum atomic E-state index is 0.453. The number of hydrogen-bond acceptors (Lipinski definition) is 4. The van der Waals surface area contributed by atoms with Gasteiger partial charge < -0.3 is 4.57 Å². The van der Waals surface area contributed by atoms with Gasteiger partial charge >= 0.3 is 0 Å². The SMILES string of the molecule is CSc1ncc2cc(-c3ccccc3)c(=N)n(C)c2n1. The first-order valence-electron chi connectivity index (χ1n) is 6.21. The number of nitrogens with one attached hydrogen (secondary N) is 1. The molecule has 1 N–H and O–H groups in total. The van der Waals surface area contributed by atoms with Crippen molar-refractivity contribution in [3.8, 4) is 11.1 Å². The molecule has 0 unspecified atom stereocenters. The lowest BCUT2D eigenvalue weighted by atomic mass is 10.1. The van der Waals surface area contributed by atoms with Crippen molar-refractivity contribution in [2.45, 2.75) is 5.16 Å². The van der Waals surface area contributed by atoms with E-state index in [0.717, 1.165) is 27.3 Å². The number of thioether (sulfide) groups is 1. The molecule has 0 saturated heterocycles. The Morgan fingerprint density at radius 2 is 1.95 bits per heavy atom. The van der Waals surface area contributed by atoms with Crippen LogP contribution in [0.25, 0.3) is 22.2 Å². The second kappa shape index (κ2) is 5.09. The predicted octanol–water partition coefficient (Wildman–Crippen LogP) is 2.84. The predicted molar refractivity (Wildman–Crippen MR) is 81.6 cm³/mol. The average molecular weight is 282 g/mol. The Morgan fingerprint density at radius 1 is 1.20 bits per heavy atom. The summed E-state index contributed by atoms with van der Waals surface area (Å²) in [5, 5.41) is 10.0. The molecule has 3 rings (SSSR count). The van der Waals surface area contributed by atoms with Gasteiger partial charge in [-0.05, 0) is 17.9 Å². The highest BCUT2D eigenvalue weighted by Crippen LogP contribution is 2.20. The minimum Gasteiger partial charge on any atom is -0.313 e. The first-order valence-corrected chi connectivity index (χ1v) is 7.44. The van der Waals surface area contributed by atoms with Crippen LogP contribution in [0.5, 0.6) is 0 Å². The molecule has 4 nitrogen and oxygen atoms in total. The second-order valence-electron chi connectivity index (χ2n) is 4.47. The monoisotopic (exact) mass is 282 g/mol. The lowest BCUT2D eigenvalue weighted by Gasteiger charge is -2.10. The third-order valence-electron chi connectivity index (χ3n) is 3.25. The van der Waals surface area contributed by atoms with E-state index < -0.39 is 0 Å². The maximum Gasteiger partial charge on any atom is 0.189 e. The summed E-state index contributed by atoms with van der Waals surface area (Å²) in [4.78, 5) is 8.79. The van der Waals surface area contributed by atoms with Crippen molar-refractivity contribution < 1.29 is 0 Å². The summed E-state index contributed by atoms with van der Waals surface area (Å²) >= 11 is 1.50. The van der Waals surface area contributed by atoms with Crippen LogP contribution in [-0.2, 0) is 7.05 Å². The molecule has 0 aliphatic rings. The van der Waals surface area contributed by atoms with Crippen molar-refractivity contribution in [1.82, 2.24) is 14.5 Å². The molecular formula is C15H14N4S. The Kier molecular flexibility index (Phi) is 3.28. The standard InChI is InChI=1S/C15H14N4S/c1-19-13(16)12(10-6-4-3-5-7-10)8-11-9-17-15(20-2)18-14(11)19/h3-9,16H,1-2H3. The highest BCUT2D eigenvalue weighted by atomic mass is 32.2. The number of fused-ring (bicyclic) bond motifs is 1. The molecule has 0 bridgehead atoms. The van der Waals surface area contributed by atoms with Gasteiger partial charge in [-0.2, -0.15) is 0 Å². The lowest BCUT2D eigenvalue weighted by molar-refractivity contribution is 0.826. The van der Waals surface area contributed by atoms with Crippen LogP contribution in [-0.4, -0.2) is 20.8 Å². The zero-order valence-electron chi connectivity index (χ0n) is 11.3. The number of aryl methyl sites for hydroxylation is 1. The third kappa shape index (κ3) is 2.10. The van der Waals surface area contributed by atoms with E-state index in [1.54, 1.807) is 4.57 Å². The summed E-state index contributed by atoms with van der Waals surface area (Å²) in [6.07, 6.45) is 3.77. The fourth-order valence-electron chi connectivity index (χ4n) is 2.18. The fourth-order valence-corrected chi connectivity index (χ4v) is 2.52. The molecule has 0 radical (unpaired) electrons. The number of rotatable bonds is 2. The average Bonchev–Trinajstić information content (AvgIpc) is 2.51. The quantitative estimate of drug-likeness (QED) is 0.581. The van der Waals surface area contributed by atoms with Crippen molar-refractivity contribution in [2.75, 3.05) is 6.26 Å². The van der Waals surface area contributed by atoms with E-state index in [1.165, 1.54) is 11.8 Å². The van der Waals surface area contributed by atoms with Crippen molar-refractivity contribution in [1.29, 1.82) is 5.41 Å². The Labute approximate surface area is 121 Å². The van der Waals surface area contributed by atoms with Gasteiger partial charge in [0.2, 0.25) is 0 Å². The van der Waals surface area contributed by atoms with Crippen LogP contribution in [0.2, 0.25) is 0 Å². The van der Waals surface area contributed by atoms with Crippen molar-refractivity contribution in [2.24, 2.45) is 7.05 Å². The van der Waals surface area contributed by atoms with E-state index in [2.05, 4.69) is 9.97 Å². The molecule has 0 aliphatic heterocycles. The number of benzene rings is 1. The summed E-state index contributed by atoms with van der Waals surface area (Å²) in [7, 11) is 1.87. The lowest BCUT2D eigenvalue weighted by Crippen LogP contribution is -2.20. The Hall–Kier alpha value is -2.14. The third-order valence-corrected chi connectivity index (χ3v) is 3.81. The summed E-state index contributed by atoms with van der Waals surface area (Å²) in [5.41, 5.74) is 3.16. The summed E-state index contributed by atoms with van der Waals surface area (Å²) in [6, 6.07) is 11.9. The van der Waals surface area contributed by atoms with Crippen LogP contribution < -0.4 is 5.49 Å². The fraction of sp³-hybridized carbons (Fsp3) is 0.133. The van der Waals surface area contributed by atoms with Gasteiger partial charge in [0.15, 0.2) is 5.16 Å². The number of aromatic nitrogens is 3. The van der Waals surface area contributed by atoms with Crippen LogP contribution in [0, 0.1) is 5.41 Å². The Balaban J connectivity index is 2.32.